The van der Waals surface area contributed by atoms with E-state index in [1.54, 1.807) is 0 Å². The van der Waals surface area contributed by atoms with E-state index in [2.05, 4.69) is 67.8 Å². The smallest absolute Gasteiger partial charge is 0.274 e. The van der Waals surface area contributed by atoms with E-state index in [-0.39, 0.29) is 17.5 Å². The van der Waals surface area contributed by atoms with E-state index >= 15 is 0 Å². The van der Waals surface area contributed by atoms with E-state index in [1.807, 2.05) is 13.0 Å². The van der Waals surface area contributed by atoms with Crippen molar-refractivity contribution in [2.24, 2.45) is 0 Å². The molecule has 0 atom stereocenters. The van der Waals surface area contributed by atoms with E-state index < -0.39 is 0 Å². The molecule has 0 spiro atoms. The zero-order valence-corrected chi connectivity index (χ0v) is 24.1. The first-order chi connectivity index (χ1) is 19.0. The molecule has 4 rings (SSSR count). The monoisotopic (exact) mass is 533 g/mol. The van der Waals surface area contributed by atoms with Crippen molar-refractivity contribution in [3.63, 3.8) is 0 Å². The molecule has 0 aliphatic carbocycles. The summed E-state index contributed by atoms with van der Waals surface area (Å²) in [6, 6.07) is 10.5. The minimum absolute atomic E-state index is 0.218. The standard InChI is InChI=1S/C32H43N3O4/c1-6-9-15-37-27-19-28(38-16-10-7-2)26(18-25(27)21(4)5)31-29(30(35-39-31)32(36)34-8-3)23-11-12-24-20-33-14-13-22(24)17-23/h11-12,17-19,21,33H,6-10,13-16,20H2,1-5H3,(H,34,36). The molecule has 0 fully saturated rings. The van der Waals surface area contributed by atoms with Crippen LogP contribution >= 0.6 is 0 Å². The summed E-state index contributed by atoms with van der Waals surface area (Å²) in [6.45, 7) is 14.0. The number of fused-ring (bicyclic) bond motifs is 1. The van der Waals surface area contributed by atoms with Gasteiger partial charge in [0.25, 0.3) is 5.91 Å². The van der Waals surface area contributed by atoms with Gasteiger partial charge in [-0.3, -0.25) is 4.79 Å². The summed E-state index contributed by atoms with van der Waals surface area (Å²) in [4.78, 5) is 13.1. The van der Waals surface area contributed by atoms with Gasteiger partial charge in [-0.2, -0.15) is 0 Å². The first-order valence-electron chi connectivity index (χ1n) is 14.5. The van der Waals surface area contributed by atoms with Crippen molar-refractivity contribution in [3.05, 3.63) is 52.7 Å². The molecule has 0 unspecified atom stereocenters. The summed E-state index contributed by atoms with van der Waals surface area (Å²) in [5.74, 6) is 2.02. The highest BCUT2D eigenvalue weighted by Gasteiger charge is 2.28. The summed E-state index contributed by atoms with van der Waals surface area (Å²) in [6.07, 6.45) is 4.95. The van der Waals surface area contributed by atoms with E-state index in [1.165, 1.54) is 11.1 Å². The number of carbonyl (C=O) groups is 1. The minimum atomic E-state index is -0.251. The van der Waals surface area contributed by atoms with Gasteiger partial charge in [0.2, 0.25) is 0 Å². The van der Waals surface area contributed by atoms with Crippen LogP contribution in [0.1, 0.15) is 93.4 Å². The van der Waals surface area contributed by atoms with Crippen molar-refractivity contribution < 1.29 is 18.8 Å². The molecule has 1 amide bonds. The summed E-state index contributed by atoms with van der Waals surface area (Å²) >= 11 is 0. The van der Waals surface area contributed by atoms with Gasteiger partial charge in [-0.25, -0.2) is 0 Å². The molecule has 2 N–H and O–H groups in total. The third-order valence-electron chi connectivity index (χ3n) is 7.12. The number of rotatable bonds is 13. The van der Waals surface area contributed by atoms with Gasteiger partial charge in [0.05, 0.1) is 24.3 Å². The van der Waals surface area contributed by atoms with E-state index in [0.717, 1.165) is 67.6 Å². The number of aromatic nitrogens is 1. The second-order valence-corrected chi connectivity index (χ2v) is 10.4. The average molecular weight is 534 g/mol. The topological polar surface area (TPSA) is 85.6 Å². The number of benzene rings is 2. The molecule has 210 valence electrons. The first kappa shape index (κ1) is 28.7. The third kappa shape index (κ3) is 6.64. The van der Waals surface area contributed by atoms with Crippen molar-refractivity contribution in [1.82, 2.24) is 15.8 Å². The molecule has 7 heteroatoms. The Kier molecular flexibility index (Phi) is 10.0. The van der Waals surface area contributed by atoms with Gasteiger partial charge in [-0.15, -0.1) is 0 Å². The lowest BCUT2D eigenvalue weighted by molar-refractivity contribution is 0.0947. The van der Waals surface area contributed by atoms with Crippen LogP contribution in [0.2, 0.25) is 0 Å². The maximum atomic E-state index is 13.1. The van der Waals surface area contributed by atoms with Crippen LogP contribution in [-0.2, 0) is 13.0 Å². The highest BCUT2D eigenvalue weighted by molar-refractivity contribution is 6.02. The average Bonchev–Trinajstić information content (AvgIpc) is 3.38. The van der Waals surface area contributed by atoms with Gasteiger partial charge in [0.15, 0.2) is 11.5 Å². The van der Waals surface area contributed by atoms with Gasteiger partial charge in [-0.05, 0) is 67.0 Å². The number of nitrogens with one attached hydrogen (secondary N) is 2. The Balaban J connectivity index is 1.90. The van der Waals surface area contributed by atoms with Crippen LogP contribution in [0.25, 0.3) is 22.5 Å². The Morgan fingerprint density at radius 3 is 2.46 bits per heavy atom. The Morgan fingerprint density at radius 1 is 1.03 bits per heavy atom. The molecule has 2 heterocycles. The van der Waals surface area contributed by atoms with Gasteiger partial charge in [0, 0.05) is 19.2 Å². The maximum absolute atomic E-state index is 13.1. The number of hydrogen-bond donors (Lipinski definition) is 2. The zero-order chi connectivity index (χ0) is 27.8. The fourth-order valence-corrected chi connectivity index (χ4v) is 4.88. The Morgan fingerprint density at radius 2 is 1.77 bits per heavy atom. The molecule has 39 heavy (non-hydrogen) atoms. The first-order valence-corrected chi connectivity index (χ1v) is 14.5. The van der Waals surface area contributed by atoms with Crippen molar-refractivity contribution >= 4 is 5.91 Å². The predicted molar refractivity (Wildman–Crippen MR) is 156 cm³/mol. The molecule has 2 aromatic carbocycles. The summed E-state index contributed by atoms with van der Waals surface area (Å²) in [7, 11) is 0. The molecular weight excluding hydrogens is 490 g/mol. The van der Waals surface area contributed by atoms with Crippen molar-refractivity contribution in [1.29, 1.82) is 0 Å². The van der Waals surface area contributed by atoms with Crippen LogP contribution in [0.15, 0.2) is 34.9 Å². The molecule has 0 bridgehead atoms. The number of unbranched alkanes of at least 4 members (excludes halogenated alkanes) is 2. The molecule has 1 aromatic heterocycles. The van der Waals surface area contributed by atoms with Gasteiger partial charge in [-0.1, -0.05) is 63.9 Å². The second-order valence-electron chi connectivity index (χ2n) is 10.4. The Hall–Kier alpha value is -3.32. The maximum Gasteiger partial charge on any atom is 0.274 e. The van der Waals surface area contributed by atoms with Gasteiger partial charge < -0.3 is 24.6 Å². The molecule has 0 radical (unpaired) electrons. The largest absolute Gasteiger partial charge is 0.493 e. The van der Waals surface area contributed by atoms with Crippen LogP contribution in [0.4, 0.5) is 0 Å². The minimum Gasteiger partial charge on any atom is -0.493 e. The molecule has 3 aromatic rings. The van der Waals surface area contributed by atoms with Crippen molar-refractivity contribution in [2.75, 3.05) is 26.3 Å². The van der Waals surface area contributed by atoms with E-state index in [0.29, 0.717) is 36.8 Å². The van der Waals surface area contributed by atoms with Crippen molar-refractivity contribution in [3.8, 4) is 33.9 Å². The Bertz CT molecular complexity index is 1260. The second kappa shape index (κ2) is 13.7. The lowest BCUT2D eigenvalue weighted by Crippen LogP contribution is -2.24. The number of amides is 1. The van der Waals surface area contributed by atoms with Crippen LogP contribution in [0.3, 0.4) is 0 Å². The predicted octanol–water partition coefficient (Wildman–Crippen LogP) is 6.89. The van der Waals surface area contributed by atoms with Crippen molar-refractivity contribution in [2.45, 2.75) is 79.2 Å². The summed E-state index contributed by atoms with van der Waals surface area (Å²) < 4.78 is 18.6. The normalized spacial score (nSPS) is 12.9. The van der Waals surface area contributed by atoms with E-state index in [9.17, 15) is 4.79 Å². The van der Waals surface area contributed by atoms with Crippen LogP contribution < -0.4 is 20.1 Å². The number of ether oxygens (including phenoxy) is 2. The molecule has 0 saturated carbocycles. The quantitative estimate of drug-likeness (QED) is 0.233. The zero-order valence-electron chi connectivity index (χ0n) is 24.1. The summed E-state index contributed by atoms with van der Waals surface area (Å²) in [5.41, 5.74) is 6.31. The molecule has 1 aliphatic rings. The summed E-state index contributed by atoms with van der Waals surface area (Å²) in [5, 5.41) is 10.6. The van der Waals surface area contributed by atoms with Crippen LogP contribution in [0.5, 0.6) is 11.5 Å². The number of carbonyl (C=O) groups excluding carboxylic acids is 1. The SMILES string of the molecule is CCCCOc1cc(OCCCC)c(C(C)C)cc1-c1onc(C(=O)NCC)c1-c1ccc2c(c1)CCNC2. The lowest BCUT2D eigenvalue weighted by atomic mass is 9.91. The molecule has 1 aliphatic heterocycles. The molecular formula is C32H43N3O4. The number of nitrogens with zero attached hydrogens (tertiary/aromatic N) is 1. The van der Waals surface area contributed by atoms with Crippen LogP contribution in [0, 0.1) is 0 Å². The molecule has 7 nitrogen and oxygen atoms in total. The fraction of sp³-hybridized carbons (Fsp3) is 0.500. The van der Waals surface area contributed by atoms with Gasteiger partial charge in [0.1, 0.15) is 11.5 Å². The third-order valence-corrected chi connectivity index (χ3v) is 7.12. The highest BCUT2D eigenvalue weighted by Crippen LogP contribution is 2.44. The Labute approximate surface area is 232 Å². The van der Waals surface area contributed by atoms with Gasteiger partial charge >= 0.3 is 0 Å². The fourth-order valence-electron chi connectivity index (χ4n) is 4.88. The van der Waals surface area contributed by atoms with Crippen LogP contribution in [-0.4, -0.2) is 37.4 Å². The number of hydrogen-bond acceptors (Lipinski definition) is 6. The lowest BCUT2D eigenvalue weighted by Gasteiger charge is -2.20. The highest BCUT2D eigenvalue weighted by atomic mass is 16.5. The van der Waals surface area contributed by atoms with E-state index in [4.69, 9.17) is 14.0 Å². The molecule has 0 saturated heterocycles.